The van der Waals surface area contributed by atoms with E-state index >= 15 is 0 Å². The fourth-order valence-corrected chi connectivity index (χ4v) is 3.74. The highest BCUT2D eigenvalue weighted by atomic mass is 19.1. The molecule has 0 aliphatic heterocycles. The molecule has 0 radical (unpaired) electrons. The molecule has 4 rings (SSSR count). The number of methoxy groups -OCH3 is 2. The summed E-state index contributed by atoms with van der Waals surface area (Å²) in [5, 5.41) is 4.45. The lowest BCUT2D eigenvalue weighted by atomic mass is 10.0. The van der Waals surface area contributed by atoms with Gasteiger partial charge in [-0.25, -0.2) is 9.07 Å². The maximum atomic E-state index is 13.5. The van der Waals surface area contributed by atoms with Crippen molar-refractivity contribution >= 4 is 23.7 Å². The number of hydrogen-bond acceptors (Lipinski definition) is 5. The minimum Gasteiger partial charge on any atom is -0.497 e. The highest BCUT2D eigenvalue weighted by molar-refractivity contribution is 6.17. The van der Waals surface area contributed by atoms with Gasteiger partial charge >= 0.3 is 0 Å². The van der Waals surface area contributed by atoms with Gasteiger partial charge in [-0.1, -0.05) is 36.4 Å². The van der Waals surface area contributed by atoms with E-state index in [1.54, 1.807) is 57.6 Å². The predicted octanol–water partition coefficient (Wildman–Crippen LogP) is 6.13. The van der Waals surface area contributed by atoms with E-state index in [-0.39, 0.29) is 17.0 Å². The van der Waals surface area contributed by atoms with Gasteiger partial charge in [-0.15, -0.1) is 0 Å². The summed E-state index contributed by atoms with van der Waals surface area (Å²) < 4.78 is 25.3. The van der Waals surface area contributed by atoms with E-state index in [1.807, 2.05) is 24.3 Å². The zero-order valence-electron chi connectivity index (χ0n) is 20.6. The summed E-state index contributed by atoms with van der Waals surface area (Å²) in [6, 6.07) is 20.1. The normalized spacial score (nSPS) is 11.2. The molecule has 3 aromatic carbocycles. The molecule has 186 valence electrons. The average molecular weight is 497 g/mol. The van der Waals surface area contributed by atoms with Crippen molar-refractivity contribution in [1.82, 2.24) is 9.78 Å². The zero-order chi connectivity index (χ0) is 26.4. The molecule has 0 spiro atoms. The van der Waals surface area contributed by atoms with E-state index in [4.69, 9.17) is 9.47 Å². The molecule has 0 saturated carbocycles. The lowest BCUT2D eigenvalue weighted by molar-refractivity contribution is 0.101. The third kappa shape index (κ3) is 5.90. The minimum absolute atomic E-state index is 0.0102. The van der Waals surface area contributed by atoms with Crippen LogP contribution in [0.2, 0.25) is 0 Å². The number of benzene rings is 3. The van der Waals surface area contributed by atoms with E-state index in [0.717, 1.165) is 11.1 Å². The molecular formula is C30H25FN2O4. The second kappa shape index (κ2) is 11.3. The SMILES string of the molecule is COc1ccc(/C=C/C(=O)c2nn(-c3ccc(F)cc3)c(C)c2C(=O)/C=C/c2ccc(OC)cc2)cc1. The van der Waals surface area contributed by atoms with Crippen molar-refractivity contribution in [2.75, 3.05) is 14.2 Å². The number of halogens is 1. The van der Waals surface area contributed by atoms with Crippen molar-refractivity contribution in [3.8, 4) is 17.2 Å². The molecule has 0 saturated heterocycles. The molecule has 0 atom stereocenters. The van der Waals surface area contributed by atoms with Crippen molar-refractivity contribution in [1.29, 1.82) is 0 Å². The van der Waals surface area contributed by atoms with Crippen molar-refractivity contribution in [2.24, 2.45) is 0 Å². The van der Waals surface area contributed by atoms with Crippen molar-refractivity contribution in [3.63, 3.8) is 0 Å². The molecule has 0 amide bonds. The van der Waals surface area contributed by atoms with E-state index in [1.165, 1.54) is 41.1 Å². The largest absolute Gasteiger partial charge is 0.497 e. The number of hydrogen-bond donors (Lipinski definition) is 0. The lowest BCUT2D eigenvalue weighted by Crippen LogP contribution is -2.05. The van der Waals surface area contributed by atoms with Crippen LogP contribution in [0.4, 0.5) is 4.39 Å². The van der Waals surface area contributed by atoms with Gasteiger partial charge in [0.15, 0.2) is 5.78 Å². The monoisotopic (exact) mass is 496 g/mol. The van der Waals surface area contributed by atoms with E-state index in [9.17, 15) is 14.0 Å². The van der Waals surface area contributed by atoms with Gasteiger partial charge < -0.3 is 9.47 Å². The topological polar surface area (TPSA) is 70.4 Å². The Labute approximate surface area is 214 Å². The summed E-state index contributed by atoms with van der Waals surface area (Å²) in [6.07, 6.45) is 6.10. The van der Waals surface area contributed by atoms with Gasteiger partial charge in [-0.2, -0.15) is 5.10 Å². The second-order valence-corrected chi connectivity index (χ2v) is 8.14. The van der Waals surface area contributed by atoms with E-state index in [0.29, 0.717) is 22.9 Å². The van der Waals surface area contributed by atoms with Gasteiger partial charge in [-0.05, 0) is 78.7 Å². The maximum absolute atomic E-state index is 13.5. The van der Waals surface area contributed by atoms with Gasteiger partial charge in [-0.3, -0.25) is 9.59 Å². The average Bonchev–Trinajstić information content (AvgIpc) is 3.28. The van der Waals surface area contributed by atoms with Crippen LogP contribution < -0.4 is 9.47 Å². The maximum Gasteiger partial charge on any atom is 0.206 e. The zero-order valence-corrected chi connectivity index (χ0v) is 20.6. The first-order valence-electron chi connectivity index (χ1n) is 11.5. The number of nitrogens with zero attached hydrogens (tertiary/aromatic N) is 2. The Hall–Kier alpha value is -4.78. The first-order chi connectivity index (χ1) is 17.9. The predicted molar refractivity (Wildman–Crippen MR) is 141 cm³/mol. The van der Waals surface area contributed by atoms with Crippen LogP contribution >= 0.6 is 0 Å². The Morgan fingerprint density at radius 2 is 1.24 bits per heavy atom. The summed E-state index contributed by atoms with van der Waals surface area (Å²) in [5.41, 5.74) is 2.78. The summed E-state index contributed by atoms with van der Waals surface area (Å²) >= 11 is 0. The standard InChI is InChI=1S/C30H25FN2O4/c1-20-29(27(34)18-8-21-4-14-25(36-2)15-5-21)30(32-33(20)24-12-10-23(31)11-13-24)28(35)19-9-22-6-16-26(37-3)17-7-22/h4-19H,1-3H3/b18-8+,19-9+. The Morgan fingerprint density at radius 1 is 0.757 bits per heavy atom. The summed E-state index contributed by atoms with van der Waals surface area (Å²) in [4.78, 5) is 26.5. The smallest absolute Gasteiger partial charge is 0.206 e. The van der Waals surface area contributed by atoms with Gasteiger partial charge in [0.2, 0.25) is 5.78 Å². The fourth-order valence-electron chi connectivity index (χ4n) is 3.74. The molecule has 0 bridgehead atoms. The number of ketones is 2. The van der Waals surface area contributed by atoms with Crippen LogP contribution in [0.15, 0.2) is 84.9 Å². The van der Waals surface area contributed by atoms with E-state index in [2.05, 4.69) is 5.10 Å². The van der Waals surface area contributed by atoms with Gasteiger partial charge in [0.1, 0.15) is 23.0 Å². The van der Waals surface area contributed by atoms with Crippen molar-refractivity contribution in [2.45, 2.75) is 6.92 Å². The molecule has 0 aliphatic carbocycles. The van der Waals surface area contributed by atoms with Crippen LogP contribution in [-0.2, 0) is 0 Å². The van der Waals surface area contributed by atoms with Crippen LogP contribution in [0, 0.1) is 12.7 Å². The van der Waals surface area contributed by atoms with Gasteiger partial charge in [0.25, 0.3) is 0 Å². The molecule has 0 fully saturated rings. The Morgan fingerprint density at radius 3 is 1.73 bits per heavy atom. The molecular weight excluding hydrogens is 471 g/mol. The van der Waals surface area contributed by atoms with E-state index < -0.39 is 11.6 Å². The number of carbonyl (C=O) groups excluding carboxylic acids is 2. The molecule has 37 heavy (non-hydrogen) atoms. The molecule has 0 N–H and O–H groups in total. The summed E-state index contributed by atoms with van der Waals surface area (Å²) in [6.45, 7) is 1.70. The number of aromatic nitrogens is 2. The molecule has 4 aromatic rings. The molecule has 0 aliphatic rings. The minimum atomic E-state index is -0.430. The molecule has 1 aromatic heterocycles. The third-order valence-corrected chi connectivity index (χ3v) is 5.75. The van der Waals surface area contributed by atoms with Crippen molar-refractivity contribution in [3.05, 3.63) is 119 Å². The second-order valence-electron chi connectivity index (χ2n) is 8.14. The Bertz CT molecular complexity index is 1470. The number of rotatable bonds is 9. The molecule has 0 unspecified atom stereocenters. The highest BCUT2D eigenvalue weighted by Gasteiger charge is 2.24. The van der Waals surface area contributed by atoms with Crippen LogP contribution in [-0.4, -0.2) is 35.6 Å². The van der Waals surface area contributed by atoms with Crippen LogP contribution in [0.3, 0.4) is 0 Å². The van der Waals surface area contributed by atoms with Gasteiger partial charge in [0.05, 0.1) is 31.2 Å². The van der Waals surface area contributed by atoms with Crippen LogP contribution in [0.25, 0.3) is 17.8 Å². The molecule has 1 heterocycles. The number of allylic oxidation sites excluding steroid dienone is 2. The van der Waals surface area contributed by atoms with Crippen LogP contribution in [0.5, 0.6) is 11.5 Å². The quantitative estimate of drug-likeness (QED) is 0.206. The third-order valence-electron chi connectivity index (χ3n) is 5.75. The summed E-state index contributed by atoms with van der Waals surface area (Å²) in [5.74, 6) is 0.208. The Kier molecular flexibility index (Phi) is 7.74. The first kappa shape index (κ1) is 25.3. The number of carbonyl (C=O) groups is 2. The highest BCUT2D eigenvalue weighted by Crippen LogP contribution is 2.22. The van der Waals surface area contributed by atoms with Gasteiger partial charge in [0, 0.05) is 0 Å². The van der Waals surface area contributed by atoms with Crippen LogP contribution in [0.1, 0.15) is 37.7 Å². The number of ether oxygens (including phenoxy) is 2. The molecule has 6 nitrogen and oxygen atoms in total. The lowest BCUT2D eigenvalue weighted by Gasteiger charge is -2.04. The first-order valence-corrected chi connectivity index (χ1v) is 11.5. The molecule has 7 heteroatoms. The Balaban J connectivity index is 1.70. The fraction of sp³-hybridized carbons (Fsp3) is 0.100. The summed E-state index contributed by atoms with van der Waals surface area (Å²) in [7, 11) is 3.16. The van der Waals surface area contributed by atoms with Crippen molar-refractivity contribution < 1.29 is 23.5 Å².